The summed E-state index contributed by atoms with van der Waals surface area (Å²) in [5.41, 5.74) is 27.4. The third-order valence-corrected chi connectivity index (χ3v) is 14.3. The largest absolute Gasteiger partial charge is 0.480 e. The fraction of sp³-hybridized carbons (Fsp3) is 0.484. The van der Waals surface area contributed by atoms with E-state index in [-0.39, 0.29) is 109 Å². The zero-order chi connectivity index (χ0) is 63.0. The SMILES string of the molecule is CC(C)C[C@@H](NC(=O)[C@@H](Cc1ccccc1)NC(=O)[C@H](N)Cc1ccccc1)C(=O)N[C@H](CCCN)C(=O)NCCCC[C@@H](NC(=O)[C@@H](CCCN)NC(=O)[C@@H](CC(C)C)NC(=O)[C@@H](Cc1ccccc1)NC(=O)[C@H](N)Cc1ccccc1)C(=O)O. The minimum atomic E-state index is -1.39. The van der Waals surface area contributed by atoms with Crippen molar-refractivity contribution >= 4 is 53.2 Å². The number of amides is 8. The van der Waals surface area contributed by atoms with Gasteiger partial charge in [0.2, 0.25) is 47.3 Å². The van der Waals surface area contributed by atoms with Crippen LogP contribution in [0.5, 0.6) is 0 Å². The van der Waals surface area contributed by atoms with Gasteiger partial charge in [0, 0.05) is 19.4 Å². The molecule has 22 heteroatoms. The molecule has 9 atom stereocenters. The average Bonchev–Trinajstić information content (AvgIpc) is 3.63. The Hall–Kier alpha value is -8.05. The lowest BCUT2D eigenvalue weighted by molar-refractivity contribution is -0.142. The molecule has 0 spiro atoms. The van der Waals surface area contributed by atoms with Gasteiger partial charge in [0.15, 0.2) is 0 Å². The number of unbranched alkanes of at least 4 members (excludes halogenated alkanes) is 1. The number of hydrogen-bond acceptors (Lipinski definition) is 13. The zero-order valence-electron chi connectivity index (χ0n) is 50.1. The van der Waals surface area contributed by atoms with Crippen LogP contribution in [0, 0.1) is 11.8 Å². The van der Waals surface area contributed by atoms with E-state index in [1.165, 1.54) is 0 Å². The summed E-state index contributed by atoms with van der Waals surface area (Å²) in [5.74, 6) is -6.55. The number of hydrogen-bond donors (Lipinski definition) is 13. The van der Waals surface area contributed by atoms with Crippen LogP contribution in [0.15, 0.2) is 121 Å². The van der Waals surface area contributed by atoms with Crippen molar-refractivity contribution in [2.24, 2.45) is 34.8 Å². The molecule has 0 saturated heterocycles. The molecule has 8 amide bonds. The predicted molar refractivity (Wildman–Crippen MR) is 330 cm³/mol. The van der Waals surface area contributed by atoms with Crippen molar-refractivity contribution in [2.75, 3.05) is 19.6 Å². The molecule has 22 nitrogen and oxygen atoms in total. The highest BCUT2D eigenvalue weighted by Crippen LogP contribution is 2.14. The molecule has 0 aliphatic rings. The Kier molecular flexibility index (Phi) is 31.2. The summed E-state index contributed by atoms with van der Waals surface area (Å²) in [5, 5.41) is 32.3. The number of carboxylic acid groups (broad SMARTS) is 1. The van der Waals surface area contributed by atoms with E-state index < -0.39 is 108 Å². The first-order valence-corrected chi connectivity index (χ1v) is 29.9. The Morgan fingerprint density at radius 2 is 0.651 bits per heavy atom. The zero-order valence-corrected chi connectivity index (χ0v) is 50.1. The van der Waals surface area contributed by atoms with Crippen LogP contribution in [-0.4, -0.2) is 132 Å². The second-order valence-electron chi connectivity index (χ2n) is 22.6. The van der Waals surface area contributed by atoms with Gasteiger partial charge in [-0.05, 0) is 118 Å². The Balaban J connectivity index is 1.37. The molecule has 0 unspecified atom stereocenters. The number of benzene rings is 4. The molecule has 4 aromatic carbocycles. The Bertz CT molecular complexity index is 2740. The first-order chi connectivity index (χ1) is 41.2. The maximum atomic E-state index is 14.1. The minimum absolute atomic E-state index is 0.0466. The van der Waals surface area contributed by atoms with Crippen LogP contribution in [0.3, 0.4) is 0 Å². The highest BCUT2D eigenvalue weighted by molar-refractivity contribution is 5.97. The lowest BCUT2D eigenvalue weighted by atomic mass is 9.99. The van der Waals surface area contributed by atoms with Crippen LogP contribution in [0.4, 0.5) is 0 Å². The van der Waals surface area contributed by atoms with E-state index in [2.05, 4.69) is 42.5 Å². The van der Waals surface area contributed by atoms with Crippen LogP contribution < -0.4 is 65.5 Å². The predicted octanol–water partition coefficient (Wildman–Crippen LogP) is 1.95. The number of carboxylic acids is 1. The molecule has 468 valence electrons. The van der Waals surface area contributed by atoms with E-state index in [0.717, 1.165) is 22.3 Å². The van der Waals surface area contributed by atoms with Crippen molar-refractivity contribution in [3.8, 4) is 0 Å². The second-order valence-corrected chi connectivity index (χ2v) is 22.6. The summed E-state index contributed by atoms with van der Waals surface area (Å²) in [6.45, 7) is 7.91. The van der Waals surface area contributed by atoms with Gasteiger partial charge in [0.1, 0.15) is 42.3 Å². The molecule has 0 aromatic heterocycles. The number of rotatable bonds is 39. The topological polar surface area (TPSA) is 374 Å². The third-order valence-electron chi connectivity index (χ3n) is 14.3. The first kappa shape index (κ1) is 70.4. The van der Waals surface area contributed by atoms with E-state index in [9.17, 15) is 48.3 Å². The molecule has 0 radical (unpaired) electrons. The van der Waals surface area contributed by atoms with Gasteiger partial charge >= 0.3 is 5.97 Å². The number of nitrogens with one attached hydrogen (secondary N) is 8. The van der Waals surface area contributed by atoms with Gasteiger partial charge < -0.3 is 70.6 Å². The number of carbonyl (C=O) groups excluding carboxylic acids is 8. The fourth-order valence-electron chi connectivity index (χ4n) is 9.61. The van der Waals surface area contributed by atoms with Crippen LogP contribution in [0.25, 0.3) is 0 Å². The lowest BCUT2D eigenvalue weighted by Gasteiger charge is -2.27. The van der Waals surface area contributed by atoms with Crippen LogP contribution in [0.2, 0.25) is 0 Å². The highest BCUT2D eigenvalue weighted by Gasteiger charge is 2.34. The van der Waals surface area contributed by atoms with Crippen LogP contribution in [0.1, 0.15) is 108 Å². The van der Waals surface area contributed by atoms with Gasteiger partial charge in [-0.2, -0.15) is 0 Å². The first-order valence-electron chi connectivity index (χ1n) is 29.9. The van der Waals surface area contributed by atoms with Crippen molar-refractivity contribution in [3.63, 3.8) is 0 Å². The van der Waals surface area contributed by atoms with E-state index in [4.69, 9.17) is 22.9 Å². The molecule has 0 saturated carbocycles. The van der Waals surface area contributed by atoms with Crippen molar-refractivity contribution in [3.05, 3.63) is 144 Å². The molecule has 86 heavy (non-hydrogen) atoms. The normalized spacial score (nSPS) is 14.3. The number of carbonyl (C=O) groups is 9. The van der Waals surface area contributed by atoms with Crippen molar-refractivity contribution in [1.82, 2.24) is 42.5 Å². The summed E-state index contributed by atoms with van der Waals surface area (Å²) in [7, 11) is 0. The highest BCUT2D eigenvalue weighted by atomic mass is 16.4. The standard InChI is InChI=1S/C64H92N12O10/c1-41(2)35-52(75-62(83)54(39-45-25-13-7-14-26-45)73-56(77)47(67)37-43-21-9-5-10-22-43)60(81)70-49(30-19-32-65)58(79)69-34-18-17-29-51(64(85)86)72-59(80)50(31-20-33-66)71-61(82)53(36-42(3)4)76-63(84)55(40-46-27-15-8-16-28-46)74-57(78)48(68)38-44-23-11-6-12-24-44/h5-16,21-28,41-42,47-55H,17-20,29-40,65-68H2,1-4H3,(H,69,79)(H,70,81)(H,71,82)(H,72,80)(H,73,77)(H,74,78)(H,75,83)(H,76,84)(H,85,86)/t47-,48-,49-,50-,51-,52-,53-,54-,55-/m1/s1. The quantitative estimate of drug-likeness (QED) is 0.0284. The molecule has 0 bridgehead atoms. The molecule has 0 aliphatic heterocycles. The summed E-state index contributed by atoms with van der Waals surface area (Å²) in [4.78, 5) is 124. The molecule has 0 fully saturated rings. The molecule has 4 aromatic rings. The van der Waals surface area contributed by atoms with Crippen LogP contribution in [-0.2, 0) is 68.8 Å². The summed E-state index contributed by atoms with van der Waals surface area (Å²) < 4.78 is 0. The van der Waals surface area contributed by atoms with Crippen molar-refractivity contribution in [2.45, 2.75) is 166 Å². The monoisotopic (exact) mass is 1190 g/mol. The summed E-state index contributed by atoms with van der Waals surface area (Å²) in [6, 6.07) is 26.4. The van der Waals surface area contributed by atoms with E-state index >= 15 is 0 Å². The molecule has 4 rings (SSSR count). The second kappa shape index (κ2) is 38.1. The lowest BCUT2D eigenvalue weighted by Crippen LogP contribution is -2.59. The van der Waals surface area contributed by atoms with Gasteiger partial charge in [-0.25, -0.2) is 4.79 Å². The maximum Gasteiger partial charge on any atom is 0.326 e. The molecule has 0 heterocycles. The number of nitrogens with two attached hydrogens (primary N) is 4. The van der Waals surface area contributed by atoms with E-state index in [0.29, 0.717) is 6.42 Å². The average molecular weight is 1190 g/mol. The van der Waals surface area contributed by atoms with E-state index in [1.807, 2.05) is 125 Å². The van der Waals surface area contributed by atoms with Gasteiger partial charge in [-0.15, -0.1) is 0 Å². The van der Waals surface area contributed by atoms with Gasteiger partial charge in [0.05, 0.1) is 12.1 Å². The Morgan fingerprint density at radius 1 is 0.360 bits per heavy atom. The maximum absolute atomic E-state index is 14.1. The Morgan fingerprint density at radius 3 is 1.00 bits per heavy atom. The molecular formula is C64H92N12O10. The van der Waals surface area contributed by atoms with Gasteiger partial charge in [-0.3, -0.25) is 38.4 Å². The Labute approximate surface area is 505 Å². The minimum Gasteiger partial charge on any atom is -0.480 e. The van der Waals surface area contributed by atoms with Gasteiger partial charge in [0.25, 0.3) is 0 Å². The summed E-state index contributed by atoms with van der Waals surface area (Å²) in [6.07, 6.45) is 2.30. The molecular weight excluding hydrogens is 1100 g/mol. The van der Waals surface area contributed by atoms with Crippen LogP contribution >= 0.6 is 0 Å². The number of aliphatic carboxylic acids is 1. The third kappa shape index (κ3) is 26.1. The van der Waals surface area contributed by atoms with Gasteiger partial charge in [-0.1, -0.05) is 149 Å². The smallest absolute Gasteiger partial charge is 0.326 e. The van der Waals surface area contributed by atoms with Crippen molar-refractivity contribution < 1.29 is 48.3 Å². The fourth-order valence-corrected chi connectivity index (χ4v) is 9.61. The summed E-state index contributed by atoms with van der Waals surface area (Å²) >= 11 is 0. The van der Waals surface area contributed by atoms with E-state index in [1.54, 1.807) is 24.3 Å². The molecule has 17 N–H and O–H groups in total. The van der Waals surface area contributed by atoms with Crippen molar-refractivity contribution in [1.29, 1.82) is 0 Å². The molecule has 0 aliphatic carbocycles.